The molecule has 15 heavy (non-hydrogen) atoms. The number of rotatable bonds is 2. The van der Waals surface area contributed by atoms with Crippen LogP contribution in [0.3, 0.4) is 0 Å². The monoisotopic (exact) mass is 218 g/mol. The van der Waals surface area contributed by atoms with E-state index in [1.54, 1.807) is 0 Å². The summed E-state index contributed by atoms with van der Waals surface area (Å²) >= 11 is 0. The summed E-state index contributed by atoms with van der Waals surface area (Å²) in [7, 11) is 0. The number of aromatic nitrogens is 1. The highest BCUT2D eigenvalue weighted by atomic mass is 19.4. The zero-order chi connectivity index (χ0) is 11.6. The van der Waals surface area contributed by atoms with E-state index in [1.807, 2.05) is 13.8 Å². The van der Waals surface area contributed by atoms with Crippen LogP contribution in [0.1, 0.15) is 25.1 Å². The summed E-state index contributed by atoms with van der Waals surface area (Å²) in [5.41, 5.74) is 5.18. The lowest BCUT2D eigenvalue weighted by Crippen LogP contribution is -2.11. The van der Waals surface area contributed by atoms with Gasteiger partial charge in [0.1, 0.15) is 11.5 Å². The van der Waals surface area contributed by atoms with Gasteiger partial charge in [-0.2, -0.15) is 13.2 Å². The van der Waals surface area contributed by atoms with Crippen LogP contribution in [0.4, 0.5) is 19.0 Å². The van der Waals surface area contributed by atoms with Gasteiger partial charge in [-0.1, -0.05) is 19.9 Å². The summed E-state index contributed by atoms with van der Waals surface area (Å²) in [4.78, 5) is 3.35. The van der Waals surface area contributed by atoms with Crippen LogP contribution in [-0.2, 0) is 12.6 Å². The molecule has 0 saturated carbocycles. The van der Waals surface area contributed by atoms with Gasteiger partial charge in [0.05, 0.1) is 0 Å². The van der Waals surface area contributed by atoms with Crippen molar-refractivity contribution in [1.29, 1.82) is 0 Å². The van der Waals surface area contributed by atoms with E-state index >= 15 is 0 Å². The second kappa shape index (κ2) is 4.08. The minimum absolute atomic E-state index is 0.0291. The number of nitrogen functional groups attached to an aromatic ring is 1. The van der Waals surface area contributed by atoms with Crippen molar-refractivity contribution in [1.82, 2.24) is 4.98 Å². The summed E-state index contributed by atoms with van der Waals surface area (Å²) in [6.45, 7) is 3.94. The van der Waals surface area contributed by atoms with E-state index in [0.29, 0.717) is 17.9 Å². The Bertz CT molecular complexity index is 345. The van der Waals surface area contributed by atoms with Gasteiger partial charge in [-0.05, 0) is 24.0 Å². The SMILES string of the molecule is CC(C)Cc1ccc(C(F)(F)F)nc1N. The molecule has 0 aliphatic heterocycles. The Labute approximate surface area is 86.3 Å². The minimum Gasteiger partial charge on any atom is -0.383 e. The van der Waals surface area contributed by atoms with Crippen molar-refractivity contribution in [2.75, 3.05) is 5.73 Å². The highest BCUT2D eigenvalue weighted by Crippen LogP contribution is 2.29. The third-order valence-electron chi connectivity index (χ3n) is 1.93. The van der Waals surface area contributed by atoms with E-state index < -0.39 is 11.9 Å². The lowest BCUT2D eigenvalue weighted by molar-refractivity contribution is -0.141. The van der Waals surface area contributed by atoms with E-state index in [9.17, 15) is 13.2 Å². The van der Waals surface area contributed by atoms with Crippen molar-refractivity contribution in [2.45, 2.75) is 26.4 Å². The molecule has 0 aliphatic rings. The lowest BCUT2D eigenvalue weighted by Gasteiger charge is -2.10. The molecule has 0 aromatic carbocycles. The summed E-state index contributed by atoms with van der Waals surface area (Å²) in [5.74, 6) is 0.310. The number of pyridine rings is 1. The Morgan fingerprint density at radius 1 is 1.33 bits per heavy atom. The summed E-state index contributed by atoms with van der Waals surface area (Å²) in [6.07, 6.45) is -3.79. The number of anilines is 1. The molecule has 0 aliphatic carbocycles. The fourth-order valence-corrected chi connectivity index (χ4v) is 1.27. The van der Waals surface area contributed by atoms with Gasteiger partial charge in [0.25, 0.3) is 0 Å². The first-order valence-electron chi connectivity index (χ1n) is 4.63. The van der Waals surface area contributed by atoms with Crippen LogP contribution in [-0.4, -0.2) is 4.98 Å². The van der Waals surface area contributed by atoms with Gasteiger partial charge in [-0.25, -0.2) is 4.98 Å². The zero-order valence-corrected chi connectivity index (χ0v) is 8.60. The maximum absolute atomic E-state index is 12.2. The van der Waals surface area contributed by atoms with Gasteiger partial charge in [-0.15, -0.1) is 0 Å². The molecule has 0 amide bonds. The molecule has 0 atom stereocenters. The van der Waals surface area contributed by atoms with Crippen LogP contribution in [0, 0.1) is 5.92 Å². The third-order valence-corrected chi connectivity index (χ3v) is 1.93. The molecule has 1 rings (SSSR count). The van der Waals surface area contributed by atoms with Crippen molar-refractivity contribution in [2.24, 2.45) is 5.92 Å². The van der Waals surface area contributed by atoms with E-state index in [0.717, 1.165) is 6.07 Å². The van der Waals surface area contributed by atoms with Crippen LogP contribution >= 0.6 is 0 Å². The van der Waals surface area contributed by atoms with Gasteiger partial charge in [0, 0.05) is 0 Å². The van der Waals surface area contributed by atoms with E-state index in [4.69, 9.17) is 5.73 Å². The second-order valence-electron chi connectivity index (χ2n) is 3.84. The number of hydrogen-bond donors (Lipinski definition) is 1. The molecular formula is C10H13F3N2. The fraction of sp³-hybridized carbons (Fsp3) is 0.500. The van der Waals surface area contributed by atoms with Crippen LogP contribution in [0.5, 0.6) is 0 Å². The lowest BCUT2D eigenvalue weighted by atomic mass is 10.0. The highest BCUT2D eigenvalue weighted by molar-refractivity contribution is 5.41. The Morgan fingerprint density at radius 2 is 1.93 bits per heavy atom. The fourth-order valence-electron chi connectivity index (χ4n) is 1.27. The van der Waals surface area contributed by atoms with Crippen LogP contribution in [0.2, 0.25) is 0 Å². The van der Waals surface area contributed by atoms with Gasteiger partial charge >= 0.3 is 6.18 Å². The minimum atomic E-state index is -4.43. The maximum Gasteiger partial charge on any atom is 0.433 e. The molecule has 5 heteroatoms. The highest BCUT2D eigenvalue weighted by Gasteiger charge is 2.32. The molecule has 0 unspecified atom stereocenters. The average molecular weight is 218 g/mol. The smallest absolute Gasteiger partial charge is 0.383 e. The number of nitrogens with zero attached hydrogens (tertiary/aromatic N) is 1. The predicted octanol–water partition coefficient (Wildman–Crippen LogP) is 2.88. The van der Waals surface area contributed by atoms with Crippen LogP contribution < -0.4 is 5.73 Å². The second-order valence-corrected chi connectivity index (χ2v) is 3.84. The molecule has 2 N–H and O–H groups in total. The summed E-state index contributed by atoms with van der Waals surface area (Å²) < 4.78 is 36.7. The standard InChI is InChI=1S/C10H13F3N2/c1-6(2)5-7-3-4-8(10(11,12)13)15-9(7)14/h3-4,6H,5H2,1-2H3,(H2,14,15). The topological polar surface area (TPSA) is 38.9 Å². The number of alkyl halides is 3. The Balaban J connectivity index is 2.98. The summed E-state index contributed by atoms with van der Waals surface area (Å²) in [6, 6.07) is 2.36. The molecule has 2 nitrogen and oxygen atoms in total. The Morgan fingerprint density at radius 3 is 2.33 bits per heavy atom. The van der Waals surface area contributed by atoms with E-state index in [1.165, 1.54) is 6.07 Å². The first-order valence-corrected chi connectivity index (χ1v) is 4.63. The zero-order valence-electron chi connectivity index (χ0n) is 8.60. The first kappa shape index (κ1) is 11.8. The van der Waals surface area contributed by atoms with Crippen molar-refractivity contribution in [3.05, 3.63) is 23.4 Å². The predicted molar refractivity (Wildman–Crippen MR) is 52.2 cm³/mol. The molecule has 1 aromatic heterocycles. The number of hydrogen-bond acceptors (Lipinski definition) is 2. The normalized spacial score (nSPS) is 12.1. The quantitative estimate of drug-likeness (QED) is 0.828. The molecule has 0 fully saturated rings. The van der Waals surface area contributed by atoms with Crippen molar-refractivity contribution >= 4 is 5.82 Å². The number of nitrogens with two attached hydrogens (primary N) is 1. The first-order chi connectivity index (χ1) is 6.80. The molecule has 1 aromatic rings. The van der Waals surface area contributed by atoms with Crippen LogP contribution in [0.15, 0.2) is 12.1 Å². The Kier molecular flexibility index (Phi) is 3.21. The molecular weight excluding hydrogens is 205 g/mol. The molecule has 1 heterocycles. The van der Waals surface area contributed by atoms with E-state index in [2.05, 4.69) is 4.98 Å². The van der Waals surface area contributed by atoms with Gasteiger partial charge in [0.2, 0.25) is 0 Å². The molecule has 0 radical (unpaired) electrons. The van der Waals surface area contributed by atoms with Gasteiger partial charge in [0.15, 0.2) is 0 Å². The third kappa shape index (κ3) is 3.11. The van der Waals surface area contributed by atoms with Gasteiger partial charge < -0.3 is 5.73 Å². The average Bonchev–Trinajstić information content (AvgIpc) is 2.05. The summed E-state index contributed by atoms with van der Waals surface area (Å²) in [5, 5.41) is 0. The van der Waals surface area contributed by atoms with Crippen molar-refractivity contribution in [3.63, 3.8) is 0 Å². The van der Waals surface area contributed by atoms with Crippen LogP contribution in [0.25, 0.3) is 0 Å². The van der Waals surface area contributed by atoms with Crippen molar-refractivity contribution < 1.29 is 13.2 Å². The molecule has 0 bridgehead atoms. The van der Waals surface area contributed by atoms with Crippen molar-refractivity contribution in [3.8, 4) is 0 Å². The van der Waals surface area contributed by atoms with E-state index in [-0.39, 0.29) is 5.82 Å². The largest absolute Gasteiger partial charge is 0.433 e. The van der Waals surface area contributed by atoms with Gasteiger partial charge in [-0.3, -0.25) is 0 Å². The Hall–Kier alpha value is -1.26. The molecule has 0 spiro atoms. The molecule has 0 saturated heterocycles. The maximum atomic E-state index is 12.2. The molecule has 84 valence electrons. The number of halogens is 3.